The van der Waals surface area contributed by atoms with Crippen LogP contribution in [-0.4, -0.2) is 28.8 Å². The maximum Gasteiger partial charge on any atom is 0.220 e. The summed E-state index contributed by atoms with van der Waals surface area (Å²) in [5.41, 5.74) is 15.9. The molecule has 2 aromatic carbocycles. The van der Waals surface area contributed by atoms with Gasteiger partial charge >= 0.3 is 0 Å². The van der Waals surface area contributed by atoms with E-state index in [9.17, 15) is 4.79 Å². The lowest BCUT2D eigenvalue weighted by molar-refractivity contribution is 0.103. The van der Waals surface area contributed by atoms with Crippen molar-refractivity contribution in [3.8, 4) is 11.3 Å². The number of rotatable bonds is 4. The van der Waals surface area contributed by atoms with E-state index < -0.39 is 0 Å². The van der Waals surface area contributed by atoms with Crippen molar-refractivity contribution in [1.29, 1.82) is 0 Å². The highest BCUT2D eigenvalue weighted by atomic mass is 16.1. The van der Waals surface area contributed by atoms with Gasteiger partial charge in [0.2, 0.25) is 5.95 Å². The second-order valence-electron chi connectivity index (χ2n) is 7.03. The Morgan fingerprint density at radius 1 is 0.964 bits per heavy atom. The average molecular weight is 373 g/mol. The maximum absolute atomic E-state index is 13.2. The van der Waals surface area contributed by atoms with E-state index in [0.29, 0.717) is 22.5 Å². The first-order chi connectivity index (χ1) is 13.6. The summed E-state index contributed by atoms with van der Waals surface area (Å²) in [7, 11) is 0. The zero-order valence-electron chi connectivity index (χ0n) is 15.6. The van der Waals surface area contributed by atoms with Crippen LogP contribution in [0.1, 0.15) is 35.2 Å². The smallest absolute Gasteiger partial charge is 0.220 e. The Morgan fingerprint density at radius 2 is 1.79 bits per heavy atom. The fourth-order valence-corrected chi connectivity index (χ4v) is 3.60. The van der Waals surface area contributed by atoms with Gasteiger partial charge in [0.1, 0.15) is 0 Å². The second-order valence-corrected chi connectivity index (χ2v) is 7.03. The molecule has 0 spiro atoms. The lowest BCUT2D eigenvalue weighted by Gasteiger charge is -2.29. The Morgan fingerprint density at radius 3 is 2.57 bits per heavy atom. The lowest BCUT2D eigenvalue weighted by atomic mass is 9.98. The predicted octanol–water partition coefficient (Wildman–Crippen LogP) is 3.53. The van der Waals surface area contributed by atoms with Gasteiger partial charge in [-0.2, -0.15) is 0 Å². The molecule has 6 heteroatoms. The zero-order valence-corrected chi connectivity index (χ0v) is 15.6. The van der Waals surface area contributed by atoms with Crippen molar-refractivity contribution in [3.05, 3.63) is 65.9 Å². The minimum absolute atomic E-state index is 0.0970. The van der Waals surface area contributed by atoms with Crippen LogP contribution in [0.25, 0.3) is 11.3 Å². The molecule has 4 rings (SSSR count). The molecule has 0 saturated carbocycles. The Bertz CT molecular complexity index is 1010. The van der Waals surface area contributed by atoms with Gasteiger partial charge in [0, 0.05) is 47.4 Å². The minimum Gasteiger partial charge on any atom is -0.398 e. The van der Waals surface area contributed by atoms with Gasteiger partial charge in [-0.25, -0.2) is 9.97 Å². The Labute approximate surface area is 164 Å². The van der Waals surface area contributed by atoms with Gasteiger partial charge in [-0.05, 0) is 49.6 Å². The van der Waals surface area contributed by atoms with E-state index in [4.69, 9.17) is 11.5 Å². The van der Waals surface area contributed by atoms with Gasteiger partial charge < -0.3 is 16.4 Å². The number of piperidine rings is 1. The molecule has 0 radical (unpaired) electrons. The van der Waals surface area contributed by atoms with Crippen molar-refractivity contribution < 1.29 is 4.79 Å². The van der Waals surface area contributed by atoms with Crippen molar-refractivity contribution >= 4 is 23.1 Å². The van der Waals surface area contributed by atoms with E-state index >= 15 is 0 Å². The highest BCUT2D eigenvalue weighted by Gasteiger charge is 2.17. The van der Waals surface area contributed by atoms with Crippen LogP contribution in [0, 0.1) is 0 Å². The van der Waals surface area contributed by atoms with E-state index in [1.165, 1.54) is 19.3 Å². The summed E-state index contributed by atoms with van der Waals surface area (Å²) in [6.45, 7) is 2.06. The Balaban J connectivity index is 1.67. The molecule has 2 heterocycles. The Kier molecular flexibility index (Phi) is 4.93. The molecule has 3 aromatic rings. The number of ketones is 1. The molecule has 1 aliphatic rings. The summed E-state index contributed by atoms with van der Waals surface area (Å²) in [6.07, 6.45) is 5.24. The number of aromatic nitrogens is 2. The first kappa shape index (κ1) is 18.0. The molecule has 0 bridgehead atoms. The van der Waals surface area contributed by atoms with E-state index in [1.807, 2.05) is 24.3 Å². The third-order valence-electron chi connectivity index (χ3n) is 5.10. The Hall–Kier alpha value is -3.41. The highest BCUT2D eigenvalue weighted by molar-refractivity contribution is 6.13. The van der Waals surface area contributed by atoms with E-state index in [0.717, 1.165) is 24.3 Å². The van der Waals surface area contributed by atoms with Crippen LogP contribution in [0.4, 0.5) is 17.3 Å². The van der Waals surface area contributed by atoms with Gasteiger partial charge in [-0.3, -0.25) is 4.79 Å². The quantitative estimate of drug-likeness (QED) is 0.536. The van der Waals surface area contributed by atoms with Crippen LogP contribution in [0.3, 0.4) is 0 Å². The standard InChI is InChI=1S/C22H23N5O/c23-19-8-7-15(20-9-10-25-22(24)26-20)14-18(19)21(28)16-5-4-6-17(13-16)27-11-2-1-3-12-27/h4-10,13-14H,1-3,11-12,23H2,(H2,24,25,26). The average Bonchev–Trinajstić information content (AvgIpc) is 2.74. The molecular weight excluding hydrogens is 350 g/mol. The highest BCUT2D eigenvalue weighted by Crippen LogP contribution is 2.27. The number of benzene rings is 2. The molecule has 28 heavy (non-hydrogen) atoms. The van der Waals surface area contributed by atoms with Gasteiger partial charge in [0.05, 0.1) is 5.69 Å². The van der Waals surface area contributed by atoms with Gasteiger partial charge in [0.25, 0.3) is 0 Å². The molecule has 1 fully saturated rings. The molecule has 1 aromatic heterocycles. The number of nitrogen functional groups attached to an aromatic ring is 2. The van der Waals surface area contributed by atoms with Crippen LogP contribution in [0.2, 0.25) is 0 Å². The summed E-state index contributed by atoms with van der Waals surface area (Å²) < 4.78 is 0. The zero-order chi connectivity index (χ0) is 19.5. The monoisotopic (exact) mass is 373 g/mol. The second kappa shape index (κ2) is 7.68. The summed E-state index contributed by atoms with van der Waals surface area (Å²) in [5, 5.41) is 0. The third-order valence-corrected chi connectivity index (χ3v) is 5.10. The molecule has 0 atom stereocenters. The maximum atomic E-state index is 13.2. The van der Waals surface area contributed by atoms with E-state index in [1.54, 1.807) is 24.4 Å². The molecule has 1 aliphatic heterocycles. The summed E-state index contributed by atoms with van der Waals surface area (Å²) in [4.78, 5) is 23.7. The molecule has 0 aliphatic carbocycles. The van der Waals surface area contributed by atoms with Crippen LogP contribution in [-0.2, 0) is 0 Å². The number of nitrogens with zero attached hydrogens (tertiary/aromatic N) is 3. The molecule has 6 nitrogen and oxygen atoms in total. The summed E-state index contributed by atoms with van der Waals surface area (Å²) >= 11 is 0. The number of hydrogen-bond donors (Lipinski definition) is 2. The fourth-order valence-electron chi connectivity index (χ4n) is 3.60. The van der Waals surface area contributed by atoms with Gasteiger partial charge in [0.15, 0.2) is 5.78 Å². The number of anilines is 3. The fraction of sp³-hybridized carbons (Fsp3) is 0.227. The van der Waals surface area contributed by atoms with Gasteiger partial charge in [-0.15, -0.1) is 0 Å². The molecular formula is C22H23N5O. The molecule has 4 N–H and O–H groups in total. The summed E-state index contributed by atoms with van der Waals surface area (Å²) in [5.74, 6) is 0.0941. The van der Waals surface area contributed by atoms with Crippen LogP contribution in [0.15, 0.2) is 54.7 Å². The van der Waals surface area contributed by atoms with Crippen molar-refractivity contribution in [2.45, 2.75) is 19.3 Å². The number of carbonyl (C=O) groups is 1. The number of carbonyl (C=O) groups excluding carboxylic acids is 1. The van der Waals surface area contributed by atoms with Crippen LogP contribution >= 0.6 is 0 Å². The van der Waals surface area contributed by atoms with Crippen molar-refractivity contribution in [2.24, 2.45) is 0 Å². The number of hydrogen-bond acceptors (Lipinski definition) is 6. The van der Waals surface area contributed by atoms with E-state index in [-0.39, 0.29) is 11.7 Å². The minimum atomic E-state index is -0.0970. The first-order valence-electron chi connectivity index (χ1n) is 9.50. The molecule has 0 unspecified atom stereocenters. The molecule has 0 amide bonds. The van der Waals surface area contributed by atoms with E-state index in [2.05, 4.69) is 20.9 Å². The molecule has 142 valence electrons. The normalized spacial score (nSPS) is 14.1. The van der Waals surface area contributed by atoms with Crippen molar-refractivity contribution in [3.63, 3.8) is 0 Å². The largest absolute Gasteiger partial charge is 0.398 e. The lowest BCUT2D eigenvalue weighted by Crippen LogP contribution is -2.29. The third kappa shape index (κ3) is 3.67. The first-order valence-corrected chi connectivity index (χ1v) is 9.50. The molecule has 1 saturated heterocycles. The van der Waals surface area contributed by atoms with Gasteiger partial charge in [-0.1, -0.05) is 18.2 Å². The topological polar surface area (TPSA) is 98.1 Å². The van der Waals surface area contributed by atoms with Crippen LogP contribution < -0.4 is 16.4 Å². The predicted molar refractivity (Wildman–Crippen MR) is 112 cm³/mol. The van der Waals surface area contributed by atoms with Crippen LogP contribution in [0.5, 0.6) is 0 Å². The van der Waals surface area contributed by atoms with Crippen molar-refractivity contribution in [2.75, 3.05) is 29.5 Å². The number of nitrogens with two attached hydrogens (primary N) is 2. The van der Waals surface area contributed by atoms with Crippen molar-refractivity contribution in [1.82, 2.24) is 9.97 Å². The SMILES string of the molecule is Nc1nccc(-c2ccc(N)c(C(=O)c3cccc(N4CCCCC4)c3)c2)n1. The summed E-state index contributed by atoms with van der Waals surface area (Å²) in [6, 6.07) is 14.9.